The average Bonchev–Trinajstić information content (AvgIpc) is 2.70. The van der Waals surface area contributed by atoms with E-state index < -0.39 is 12.1 Å². The van der Waals surface area contributed by atoms with E-state index in [0.717, 1.165) is 4.47 Å². The number of aryl methyl sites for hydroxylation is 1. The fourth-order valence-electron chi connectivity index (χ4n) is 2.73. The summed E-state index contributed by atoms with van der Waals surface area (Å²) in [5.41, 5.74) is 0.963. The van der Waals surface area contributed by atoms with Crippen molar-refractivity contribution >= 4 is 39.0 Å². The molecule has 0 unspecified atom stereocenters. The van der Waals surface area contributed by atoms with Crippen LogP contribution in [0.1, 0.15) is 25.2 Å². The van der Waals surface area contributed by atoms with Gasteiger partial charge in [-0.15, -0.1) is 0 Å². The summed E-state index contributed by atoms with van der Waals surface area (Å²) in [6.07, 6.45) is 0.486. The Labute approximate surface area is 180 Å². The number of ether oxygens (including phenoxy) is 2. The van der Waals surface area contributed by atoms with Crippen LogP contribution in [0.2, 0.25) is 0 Å². The zero-order chi connectivity index (χ0) is 21.8. The van der Waals surface area contributed by atoms with Gasteiger partial charge in [-0.3, -0.25) is 4.79 Å². The van der Waals surface area contributed by atoms with Crippen LogP contribution in [0, 0.1) is 6.92 Å². The topological polar surface area (TPSA) is 103 Å². The molecule has 9 heteroatoms. The minimum absolute atomic E-state index is 0.282. The SMILES string of the molecule is CCOc1cc(C=Nn2c(C)nc3ccc(Br)cc3c2=O)ccc1O[C@@H](C)C(=O)O. The van der Waals surface area contributed by atoms with Crippen molar-refractivity contribution in [2.75, 3.05) is 6.61 Å². The lowest BCUT2D eigenvalue weighted by Gasteiger charge is -2.15. The fraction of sp³-hybridized carbons (Fsp3) is 0.238. The van der Waals surface area contributed by atoms with Crippen molar-refractivity contribution in [2.45, 2.75) is 26.9 Å². The second-order valence-corrected chi connectivity index (χ2v) is 7.34. The number of benzene rings is 2. The zero-order valence-electron chi connectivity index (χ0n) is 16.6. The maximum atomic E-state index is 12.8. The highest BCUT2D eigenvalue weighted by Gasteiger charge is 2.16. The Morgan fingerprint density at radius 2 is 2.07 bits per heavy atom. The van der Waals surface area contributed by atoms with E-state index in [1.165, 1.54) is 17.8 Å². The second kappa shape index (κ2) is 9.08. The van der Waals surface area contributed by atoms with Gasteiger partial charge in [-0.2, -0.15) is 9.78 Å². The minimum Gasteiger partial charge on any atom is -0.490 e. The van der Waals surface area contributed by atoms with E-state index >= 15 is 0 Å². The van der Waals surface area contributed by atoms with Gasteiger partial charge in [0.2, 0.25) is 0 Å². The Bertz CT molecular complexity index is 1190. The van der Waals surface area contributed by atoms with Gasteiger partial charge in [0, 0.05) is 4.47 Å². The Kier molecular flexibility index (Phi) is 6.51. The molecule has 1 atom stereocenters. The molecule has 1 heterocycles. The van der Waals surface area contributed by atoms with Crippen molar-refractivity contribution in [3.8, 4) is 11.5 Å². The number of rotatable bonds is 7. The predicted octanol–water partition coefficient (Wildman–Crippen LogP) is 3.60. The van der Waals surface area contributed by atoms with E-state index in [0.29, 0.717) is 40.4 Å². The normalized spacial score (nSPS) is 12.3. The Morgan fingerprint density at radius 1 is 1.30 bits per heavy atom. The highest BCUT2D eigenvalue weighted by molar-refractivity contribution is 9.10. The van der Waals surface area contributed by atoms with Crippen LogP contribution in [0.5, 0.6) is 11.5 Å². The number of carboxylic acids is 1. The molecule has 1 aromatic heterocycles. The lowest BCUT2D eigenvalue weighted by atomic mass is 10.2. The lowest BCUT2D eigenvalue weighted by Crippen LogP contribution is -2.23. The van der Waals surface area contributed by atoms with Gasteiger partial charge in [0.25, 0.3) is 5.56 Å². The van der Waals surface area contributed by atoms with Gasteiger partial charge in [0.15, 0.2) is 17.6 Å². The molecule has 8 nitrogen and oxygen atoms in total. The second-order valence-electron chi connectivity index (χ2n) is 6.42. The maximum Gasteiger partial charge on any atom is 0.344 e. The third-order valence-electron chi connectivity index (χ3n) is 4.21. The molecule has 3 aromatic rings. The minimum atomic E-state index is -1.08. The number of carbonyl (C=O) groups is 1. The maximum absolute atomic E-state index is 12.8. The van der Waals surface area contributed by atoms with Crippen molar-refractivity contribution in [1.29, 1.82) is 0 Å². The fourth-order valence-corrected chi connectivity index (χ4v) is 3.09. The summed E-state index contributed by atoms with van der Waals surface area (Å²) in [6.45, 7) is 5.33. The molecule has 0 bridgehead atoms. The highest BCUT2D eigenvalue weighted by Crippen LogP contribution is 2.29. The van der Waals surface area contributed by atoms with E-state index in [9.17, 15) is 9.59 Å². The standard InChI is InChI=1S/C21H20BrN3O5/c1-4-29-19-9-14(5-8-18(19)30-12(2)21(27)28)11-23-25-13(3)24-17-7-6-15(22)10-16(17)20(25)26/h5-12H,4H2,1-3H3,(H,27,28)/t12-/m0/s1. The van der Waals surface area contributed by atoms with Crippen molar-refractivity contribution in [3.63, 3.8) is 0 Å². The quantitative estimate of drug-likeness (QED) is 0.525. The van der Waals surface area contributed by atoms with Gasteiger partial charge in [0.05, 0.1) is 23.7 Å². The summed E-state index contributed by atoms with van der Waals surface area (Å²) in [6, 6.07) is 10.3. The molecule has 0 saturated carbocycles. The third kappa shape index (κ3) is 4.68. The molecular weight excluding hydrogens is 454 g/mol. The first-order valence-electron chi connectivity index (χ1n) is 9.19. The van der Waals surface area contributed by atoms with E-state index in [1.54, 1.807) is 37.3 Å². The molecule has 2 aromatic carbocycles. The van der Waals surface area contributed by atoms with Gasteiger partial charge in [-0.05, 0) is 62.7 Å². The van der Waals surface area contributed by atoms with Crippen molar-refractivity contribution in [3.05, 3.63) is 62.6 Å². The summed E-state index contributed by atoms with van der Waals surface area (Å²) in [4.78, 5) is 28.3. The number of carboxylic acid groups (broad SMARTS) is 1. The number of halogens is 1. The summed E-state index contributed by atoms with van der Waals surface area (Å²) in [5, 5.41) is 13.8. The van der Waals surface area contributed by atoms with Crippen LogP contribution in [-0.4, -0.2) is 39.7 Å². The molecule has 0 spiro atoms. The summed E-state index contributed by atoms with van der Waals surface area (Å²) in [5.74, 6) is 0.0772. The zero-order valence-corrected chi connectivity index (χ0v) is 18.2. The van der Waals surface area contributed by atoms with Crippen molar-refractivity contribution < 1.29 is 19.4 Å². The van der Waals surface area contributed by atoms with Crippen molar-refractivity contribution in [2.24, 2.45) is 5.10 Å². The molecule has 1 N–H and O–H groups in total. The molecule has 156 valence electrons. The Morgan fingerprint density at radius 3 is 2.77 bits per heavy atom. The summed E-state index contributed by atoms with van der Waals surface area (Å²) < 4.78 is 13.0. The van der Waals surface area contributed by atoms with E-state index in [4.69, 9.17) is 14.6 Å². The van der Waals surface area contributed by atoms with E-state index in [1.807, 2.05) is 13.0 Å². The van der Waals surface area contributed by atoms with Crippen LogP contribution in [0.25, 0.3) is 10.9 Å². The largest absolute Gasteiger partial charge is 0.490 e. The van der Waals surface area contributed by atoms with Crippen LogP contribution >= 0.6 is 15.9 Å². The van der Waals surface area contributed by atoms with Gasteiger partial charge < -0.3 is 14.6 Å². The molecule has 30 heavy (non-hydrogen) atoms. The molecule has 0 saturated heterocycles. The number of aliphatic carboxylic acids is 1. The van der Waals surface area contributed by atoms with E-state index in [-0.39, 0.29) is 5.56 Å². The molecule has 0 fully saturated rings. The van der Waals surface area contributed by atoms with Crippen LogP contribution < -0.4 is 15.0 Å². The first-order valence-corrected chi connectivity index (χ1v) is 9.99. The predicted molar refractivity (Wildman–Crippen MR) is 117 cm³/mol. The first kappa shape index (κ1) is 21.5. The van der Waals surface area contributed by atoms with Crippen LogP contribution in [0.15, 0.2) is 50.8 Å². The summed E-state index contributed by atoms with van der Waals surface area (Å²) in [7, 11) is 0. The van der Waals surface area contributed by atoms with Gasteiger partial charge in [0.1, 0.15) is 5.82 Å². The molecular formula is C21H20BrN3O5. The van der Waals surface area contributed by atoms with Gasteiger partial charge in [-0.1, -0.05) is 15.9 Å². The molecule has 0 aliphatic heterocycles. The first-order chi connectivity index (χ1) is 14.3. The lowest BCUT2D eigenvalue weighted by molar-refractivity contribution is -0.144. The highest BCUT2D eigenvalue weighted by atomic mass is 79.9. The Hall–Kier alpha value is -3.20. The average molecular weight is 474 g/mol. The number of fused-ring (bicyclic) bond motifs is 1. The van der Waals surface area contributed by atoms with Gasteiger partial charge in [-0.25, -0.2) is 9.78 Å². The number of hydrogen-bond acceptors (Lipinski definition) is 6. The van der Waals surface area contributed by atoms with Gasteiger partial charge >= 0.3 is 5.97 Å². The molecule has 3 rings (SSSR count). The van der Waals surface area contributed by atoms with Crippen molar-refractivity contribution in [1.82, 2.24) is 9.66 Å². The van der Waals surface area contributed by atoms with Crippen LogP contribution in [0.3, 0.4) is 0 Å². The summed E-state index contributed by atoms with van der Waals surface area (Å²) >= 11 is 3.36. The Balaban J connectivity index is 1.97. The monoisotopic (exact) mass is 473 g/mol. The molecule has 0 amide bonds. The third-order valence-corrected chi connectivity index (χ3v) is 4.70. The molecule has 0 radical (unpaired) electrons. The number of hydrogen-bond donors (Lipinski definition) is 1. The number of nitrogens with zero attached hydrogens (tertiary/aromatic N) is 3. The molecule has 0 aliphatic rings. The number of aromatic nitrogens is 2. The van der Waals surface area contributed by atoms with E-state index in [2.05, 4.69) is 26.0 Å². The molecule has 0 aliphatic carbocycles. The van der Waals surface area contributed by atoms with Crippen LogP contribution in [0.4, 0.5) is 0 Å². The smallest absolute Gasteiger partial charge is 0.344 e. The van der Waals surface area contributed by atoms with Crippen LogP contribution in [-0.2, 0) is 4.79 Å².